The molecule has 0 aliphatic carbocycles. The van der Waals surface area contributed by atoms with E-state index >= 15 is 0 Å². The Labute approximate surface area is 117 Å². The van der Waals surface area contributed by atoms with E-state index in [0.717, 1.165) is 16.7 Å². The summed E-state index contributed by atoms with van der Waals surface area (Å²) in [5, 5.41) is 8.95. The molecule has 0 saturated carbocycles. The van der Waals surface area contributed by atoms with Crippen molar-refractivity contribution < 1.29 is 14.6 Å². The van der Waals surface area contributed by atoms with E-state index in [1.807, 2.05) is 25.1 Å². The van der Waals surface area contributed by atoms with E-state index in [4.69, 9.17) is 15.6 Å². The first kappa shape index (κ1) is 14.1. The second kappa shape index (κ2) is 6.21. The molecule has 0 fully saturated rings. The molecule has 0 amide bonds. The zero-order valence-corrected chi connectivity index (χ0v) is 11.3. The van der Waals surface area contributed by atoms with Crippen LogP contribution in [0.2, 0.25) is 0 Å². The van der Waals surface area contributed by atoms with Gasteiger partial charge in [-0.25, -0.2) is 4.79 Å². The first-order valence-electron chi connectivity index (χ1n) is 6.32. The van der Waals surface area contributed by atoms with Gasteiger partial charge in [0.1, 0.15) is 6.61 Å². The fourth-order valence-electron chi connectivity index (χ4n) is 1.81. The molecule has 4 nitrogen and oxygen atoms in total. The zero-order valence-electron chi connectivity index (χ0n) is 11.3. The minimum atomic E-state index is -0.433. The molecular weight excluding hydrogens is 254 g/mol. The third kappa shape index (κ3) is 3.36. The largest absolute Gasteiger partial charge is 0.457 e. The number of aliphatic hydroxyl groups is 1. The van der Waals surface area contributed by atoms with Crippen molar-refractivity contribution in [2.24, 2.45) is 0 Å². The third-order valence-electron chi connectivity index (χ3n) is 3.00. The van der Waals surface area contributed by atoms with E-state index in [0.29, 0.717) is 11.3 Å². The number of rotatable bonds is 4. The Morgan fingerprint density at radius 1 is 1.15 bits per heavy atom. The molecule has 20 heavy (non-hydrogen) atoms. The van der Waals surface area contributed by atoms with Crippen molar-refractivity contribution in [3.63, 3.8) is 0 Å². The molecule has 0 aromatic heterocycles. The summed E-state index contributed by atoms with van der Waals surface area (Å²) >= 11 is 0. The summed E-state index contributed by atoms with van der Waals surface area (Å²) in [5.41, 5.74) is 9.21. The van der Waals surface area contributed by atoms with Crippen molar-refractivity contribution in [1.29, 1.82) is 0 Å². The van der Waals surface area contributed by atoms with Crippen LogP contribution in [0.4, 0.5) is 5.69 Å². The molecule has 0 aliphatic rings. The van der Waals surface area contributed by atoms with Gasteiger partial charge in [0.25, 0.3) is 0 Å². The van der Waals surface area contributed by atoms with E-state index in [9.17, 15) is 4.79 Å². The quantitative estimate of drug-likeness (QED) is 0.661. The highest BCUT2D eigenvalue weighted by molar-refractivity contribution is 5.95. The van der Waals surface area contributed by atoms with Crippen molar-refractivity contribution in [2.45, 2.75) is 20.1 Å². The highest BCUT2D eigenvalue weighted by Gasteiger charge is 2.11. The van der Waals surface area contributed by atoms with Gasteiger partial charge in [0, 0.05) is 5.69 Å². The van der Waals surface area contributed by atoms with Crippen molar-refractivity contribution in [2.75, 3.05) is 5.73 Å². The second-order valence-corrected chi connectivity index (χ2v) is 4.64. The van der Waals surface area contributed by atoms with Gasteiger partial charge in [-0.2, -0.15) is 0 Å². The fraction of sp³-hybridized carbons (Fsp3) is 0.188. The van der Waals surface area contributed by atoms with Crippen LogP contribution >= 0.6 is 0 Å². The van der Waals surface area contributed by atoms with Crippen molar-refractivity contribution in [3.8, 4) is 0 Å². The third-order valence-corrected chi connectivity index (χ3v) is 3.00. The Morgan fingerprint density at radius 2 is 1.80 bits per heavy atom. The Balaban J connectivity index is 2.02. The number of benzene rings is 2. The maximum absolute atomic E-state index is 12.0. The van der Waals surface area contributed by atoms with Crippen LogP contribution in [-0.4, -0.2) is 11.1 Å². The van der Waals surface area contributed by atoms with E-state index in [-0.39, 0.29) is 13.2 Å². The van der Waals surface area contributed by atoms with Crippen LogP contribution in [0.5, 0.6) is 0 Å². The van der Waals surface area contributed by atoms with Crippen molar-refractivity contribution in [3.05, 3.63) is 64.7 Å². The van der Waals surface area contributed by atoms with Gasteiger partial charge >= 0.3 is 5.97 Å². The molecular formula is C16H17NO3. The van der Waals surface area contributed by atoms with Gasteiger partial charge in [-0.15, -0.1) is 0 Å². The lowest BCUT2D eigenvalue weighted by molar-refractivity contribution is 0.0474. The molecule has 4 heteroatoms. The highest BCUT2D eigenvalue weighted by Crippen LogP contribution is 2.16. The SMILES string of the molecule is Cc1ccc(N)c(C(=O)OCc2ccc(CO)cc2)c1. The molecule has 0 heterocycles. The van der Waals surface area contributed by atoms with Crippen molar-refractivity contribution in [1.82, 2.24) is 0 Å². The van der Waals surface area contributed by atoms with Gasteiger partial charge in [0.2, 0.25) is 0 Å². The molecule has 0 radical (unpaired) electrons. The number of aryl methyl sites for hydroxylation is 1. The van der Waals surface area contributed by atoms with Crippen LogP contribution in [0.15, 0.2) is 42.5 Å². The fourth-order valence-corrected chi connectivity index (χ4v) is 1.81. The molecule has 0 atom stereocenters. The topological polar surface area (TPSA) is 72.6 Å². The second-order valence-electron chi connectivity index (χ2n) is 4.64. The first-order valence-corrected chi connectivity index (χ1v) is 6.32. The van der Waals surface area contributed by atoms with Gasteiger partial charge in [0.05, 0.1) is 12.2 Å². The Morgan fingerprint density at radius 3 is 2.45 bits per heavy atom. The van der Waals surface area contributed by atoms with Crippen LogP contribution in [0, 0.1) is 6.92 Å². The monoisotopic (exact) mass is 271 g/mol. The molecule has 2 aromatic rings. The van der Waals surface area contributed by atoms with E-state index in [2.05, 4.69) is 0 Å². The lowest BCUT2D eigenvalue weighted by atomic mass is 10.1. The lowest BCUT2D eigenvalue weighted by Crippen LogP contribution is -2.08. The van der Waals surface area contributed by atoms with Gasteiger partial charge in [-0.3, -0.25) is 0 Å². The number of carbonyl (C=O) groups excluding carboxylic acids is 1. The van der Waals surface area contributed by atoms with Crippen molar-refractivity contribution >= 4 is 11.7 Å². The number of hydrogen-bond acceptors (Lipinski definition) is 4. The van der Waals surface area contributed by atoms with E-state index < -0.39 is 5.97 Å². The van der Waals surface area contributed by atoms with Crippen LogP contribution in [-0.2, 0) is 18.0 Å². The van der Waals surface area contributed by atoms with Gasteiger partial charge in [-0.05, 0) is 30.2 Å². The van der Waals surface area contributed by atoms with Gasteiger partial charge in [0.15, 0.2) is 0 Å². The Kier molecular flexibility index (Phi) is 4.38. The molecule has 2 rings (SSSR count). The van der Waals surface area contributed by atoms with E-state index in [1.54, 1.807) is 24.3 Å². The minimum absolute atomic E-state index is 0.000106. The molecule has 0 bridgehead atoms. The molecule has 2 aromatic carbocycles. The maximum Gasteiger partial charge on any atom is 0.340 e. The van der Waals surface area contributed by atoms with Crippen LogP contribution in [0.25, 0.3) is 0 Å². The molecule has 0 spiro atoms. The number of nitrogens with two attached hydrogens (primary N) is 1. The molecule has 0 saturated heterocycles. The number of nitrogen functional groups attached to an aromatic ring is 1. The minimum Gasteiger partial charge on any atom is -0.457 e. The predicted octanol–water partition coefficient (Wildman–Crippen LogP) is 2.43. The zero-order chi connectivity index (χ0) is 14.5. The Hall–Kier alpha value is -2.33. The molecule has 0 aliphatic heterocycles. The smallest absolute Gasteiger partial charge is 0.340 e. The number of hydrogen-bond donors (Lipinski definition) is 2. The standard InChI is InChI=1S/C16H17NO3/c1-11-2-7-15(17)14(8-11)16(19)20-10-13-5-3-12(9-18)4-6-13/h2-8,18H,9-10,17H2,1H3. The summed E-state index contributed by atoms with van der Waals surface area (Å²) in [4.78, 5) is 12.0. The predicted molar refractivity (Wildman–Crippen MR) is 77.1 cm³/mol. The number of aliphatic hydroxyl groups excluding tert-OH is 1. The van der Waals surface area contributed by atoms with Gasteiger partial charge < -0.3 is 15.6 Å². The normalized spacial score (nSPS) is 10.3. The summed E-state index contributed by atoms with van der Waals surface area (Å²) < 4.78 is 5.24. The molecule has 0 unspecified atom stereocenters. The average Bonchev–Trinajstić information content (AvgIpc) is 2.47. The maximum atomic E-state index is 12.0. The number of ether oxygens (including phenoxy) is 1. The highest BCUT2D eigenvalue weighted by atomic mass is 16.5. The summed E-state index contributed by atoms with van der Waals surface area (Å²) in [6, 6.07) is 12.5. The van der Waals surface area contributed by atoms with Crippen LogP contribution in [0.3, 0.4) is 0 Å². The van der Waals surface area contributed by atoms with Crippen LogP contribution < -0.4 is 5.73 Å². The summed E-state index contributed by atoms with van der Waals surface area (Å²) in [6.07, 6.45) is 0. The average molecular weight is 271 g/mol. The lowest BCUT2D eigenvalue weighted by Gasteiger charge is -2.08. The summed E-state index contributed by atoms with van der Waals surface area (Å²) in [6.45, 7) is 2.07. The number of esters is 1. The first-order chi connectivity index (χ1) is 9.60. The molecule has 3 N–H and O–H groups in total. The summed E-state index contributed by atoms with van der Waals surface area (Å²) in [7, 11) is 0. The van der Waals surface area contributed by atoms with E-state index in [1.165, 1.54) is 0 Å². The molecule has 104 valence electrons. The Bertz CT molecular complexity index is 606. The number of anilines is 1. The van der Waals surface area contributed by atoms with Crippen LogP contribution in [0.1, 0.15) is 27.0 Å². The van der Waals surface area contributed by atoms with Gasteiger partial charge in [-0.1, -0.05) is 35.9 Å². The number of carbonyl (C=O) groups is 1. The summed E-state index contributed by atoms with van der Waals surface area (Å²) in [5.74, 6) is -0.433.